The number of carbonyl (C=O) groups is 1. The van der Waals surface area contributed by atoms with Gasteiger partial charge in [0, 0.05) is 20.6 Å². The van der Waals surface area contributed by atoms with Gasteiger partial charge in [0.15, 0.2) is 0 Å². The molecule has 1 aromatic heterocycles. The van der Waals surface area contributed by atoms with Crippen LogP contribution in [-0.2, 0) is 0 Å². The second-order valence-corrected chi connectivity index (χ2v) is 3.41. The van der Waals surface area contributed by atoms with E-state index in [0.29, 0.717) is 5.69 Å². The summed E-state index contributed by atoms with van der Waals surface area (Å²) in [7, 11) is 3.61. The van der Waals surface area contributed by atoms with Crippen molar-refractivity contribution in [2.45, 2.75) is 13.3 Å². The van der Waals surface area contributed by atoms with Crippen molar-refractivity contribution in [2.75, 3.05) is 26.0 Å². The lowest BCUT2D eigenvalue weighted by Crippen LogP contribution is -2.28. The third-order valence-electron chi connectivity index (χ3n) is 2.18. The molecule has 82 valence electrons. The first-order valence-electron chi connectivity index (χ1n) is 5.08. The normalized spacial score (nSPS) is 9.80. The minimum Gasteiger partial charge on any atom is -0.387 e. The lowest BCUT2D eigenvalue weighted by molar-refractivity contribution is 0.0789. The van der Waals surface area contributed by atoms with Gasteiger partial charge in [-0.15, -0.1) is 0 Å². The van der Waals surface area contributed by atoms with Crippen LogP contribution in [0.3, 0.4) is 0 Å². The molecule has 0 atom stereocenters. The van der Waals surface area contributed by atoms with Crippen molar-refractivity contribution in [2.24, 2.45) is 0 Å². The second-order valence-electron chi connectivity index (χ2n) is 3.41. The molecule has 0 aromatic carbocycles. The Balaban J connectivity index is 2.73. The molecule has 1 aromatic rings. The average Bonchev–Trinajstić information content (AvgIpc) is 2.28. The number of carbonyl (C=O) groups excluding carboxylic acids is 1. The van der Waals surface area contributed by atoms with E-state index in [1.54, 1.807) is 24.2 Å². The first kappa shape index (κ1) is 11.5. The predicted octanol–water partition coefficient (Wildman–Crippen LogP) is 1.61. The molecular weight excluding hydrogens is 190 g/mol. The summed E-state index contributed by atoms with van der Waals surface area (Å²) in [4.78, 5) is 17.6. The van der Waals surface area contributed by atoms with Gasteiger partial charge in [0.1, 0.15) is 5.69 Å². The first-order valence-corrected chi connectivity index (χ1v) is 5.08. The van der Waals surface area contributed by atoms with Gasteiger partial charge in [0.05, 0.1) is 11.9 Å². The van der Waals surface area contributed by atoms with E-state index in [9.17, 15) is 4.79 Å². The van der Waals surface area contributed by atoms with E-state index in [-0.39, 0.29) is 5.91 Å². The van der Waals surface area contributed by atoms with E-state index in [2.05, 4.69) is 10.3 Å². The molecule has 15 heavy (non-hydrogen) atoms. The van der Waals surface area contributed by atoms with E-state index in [4.69, 9.17) is 0 Å². The number of rotatable bonds is 4. The number of nitrogens with one attached hydrogen (secondary N) is 1. The molecule has 0 saturated carbocycles. The van der Waals surface area contributed by atoms with Crippen LogP contribution >= 0.6 is 0 Å². The topological polar surface area (TPSA) is 45.2 Å². The number of amides is 1. The predicted molar refractivity (Wildman–Crippen MR) is 61.0 cm³/mol. The van der Waals surface area contributed by atoms with Crippen LogP contribution in [0.5, 0.6) is 0 Å². The van der Waals surface area contributed by atoms with Crippen LogP contribution in [0.1, 0.15) is 23.8 Å². The van der Waals surface area contributed by atoms with Gasteiger partial charge in [-0.2, -0.15) is 0 Å². The highest BCUT2D eigenvalue weighted by molar-refractivity contribution is 5.92. The van der Waals surface area contributed by atoms with Crippen molar-refractivity contribution < 1.29 is 4.79 Å². The van der Waals surface area contributed by atoms with E-state index in [0.717, 1.165) is 18.7 Å². The zero-order chi connectivity index (χ0) is 11.3. The molecule has 0 bridgehead atoms. The summed E-state index contributed by atoms with van der Waals surface area (Å²) in [6, 6.07) is 3.58. The molecule has 4 nitrogen and oxygen atoms in total. The minimum absolute atomic E-state index is 0.0282. The quantitative estimate of drug-likeness (QED) is 0.815. The molecule has 0 fully saturated rings. The molecule has 1 N–H and O–H groups in total. The van der Waals surface area contributed by atoms with Crippen molar-refractivity contribution in [1.29, 1.82) is 0 Å². The summed E-state index contributed by atoms with van der Waals surface area (Å²) >= 11 is 0. The Hall–Kier alpha value is -1.58. The molecule has 0 aliphatic rings. The SMILES string of the molecule is CCCN(C)C(=O)c1ccc(NC)cn1. The van der Waals surface area contributed by atoms with Crippen molar-refractivity contribution in [3.63, 3.8) is 0 Å². The fraction of sp³-hybridized carbons (Fsp3) is 0.455. The summed E-state index contributed by atoms with van der Waals surface area (Å²) in [6.07, 6.45) is 2.61. The van der Waals surface area contributed by atoms with Crippen molar-refractivity contribution in [3.05, 3.63) is 24.0 Å². The maximum Gasteiger partial charge on any atom is 0.272 e. The number of anilines is 1. The van der Waals surface area contributed by atoms with Crippen LogP contribution in [-0.4, -0.2) is 36.4 Å². The lowest BCUT2D eigenvalue weighted by atomic mass is 10.3. The Labute approximate surface area is 90.3 Å². The van der Waals surface area contributed by atoms with Gasteiger partial charge in [-0.25, -0.2) is 4.98 Å². The van der Waals surface area contributed by atoms with Crippen molar-refractivity contribution >= 4 is 11.6 Å². The Morgan fingerprint density at radius 3 is 2.73 bits per heavy atom. The van der Waals surface area contributed by atoms with Crippen LogP contribution in [0.25, 0.3) is 0 Å². The van der Waals surface area contributed by atoms with Gasteiger partial charge in [0.2, 0.25) is 0 Å². The Morgan fingerprint density at radius 2 is 2.27 bits per heavy atom. The lowest BCUT2D eigenvalue weighted by Gasteiger charge is -2.15. The van der Waals surface area contributed by atoms with Crippen LogP contribution in [0, 0.1) is 0 Å². The van der Waals surface area contributed by atoms with Gasteiger partial charge in [0.25, 0.3) is 5.91 Å². The van der Waals surface area contributed by atoms with Gasteiger partial charge in [-0.3, -0.25) is 4.79 Å². The Kier molecular flexibility index (Phi) is 4.09. The molecule has 0 unspecified atom stereocenters. The smallest absolute Gasteiger partial charge is 0.272 e. The largest absolute Gasteiger partial charge is 0.387 e. The van der Waals surface area contributed by atoms with E-state index in [1.165, 1.54) is 0 Å². The van der Waals surface area contributed by atoms with Gasteiger partial charge >= 0.3 is 0 Å². The van der Waals surface area contributed by atoms with Crippen LogP contribution < -0.4 is 5.32 Å². The number of pyridine rings is 1. The second kappa shape index (κ2) is 5.34. The summed E-state index contributed by atoms with van der Waals surface area (Å²) < 4.78 is 0. The van der Waals surface area contributed by atoms with Gasteiger partial charge < -0.3 is 10.2 Å². The summed E-state index contributed by atoms with van der Waals surface area (Å²) in [5.41, 5.74) is 1.40. The van der Waals surface area contributed by atoms with Crippen LogP contribution in [0.15, 0.2) is 18.3 Å². The first-order chi connectivity index (χ1) is 7.19. The molecule has 0 aliphatic carbocycles. The number of hydrogen-bond acceptors (Lipinski definition) is 3. The van der Waals surface area contributed by atoms with Gasteiger partial charge in [-0.05, 0) is 18.6 Å². The molecular formula is C11H17N3O. The van der Waals surface area contributed by atoms with Crippen molar-refractivity contribution in [1.82, 2.24) is 9.88 Å². The summed E-state index contributed by atoms with van der Waals surface area (Å²) in [6.45, 7) is 2.80. The Morgan fingerprint density at radius 1 is 1.53 bits per heavy atom. The highest BCUT2D eigenvalue weighted by atomic mass is 16.2. The number of nitrogens with zero attached hydrogens (tertiary/aromatic N) is 2. The van der Waals surface area contributed by atoms with E-state index < -0.39 is 0 Å². The van der Waals surface area contributed by atoms with E-state index >= 15 is 0 Å². The molecule has 0 aliphatic heterocycles. The molecule has 4 heteroatoms. The van der Waals surface area contributed by atoms with Crippen molar-refractivity contribution in [3.8, 4) is 0 Å². The third-order valence-corrected chi connectivity index (χ3v) is 2.18. The van der Waals surface area contributed by atoms with Crippen LogP contribution in [0.4, 0.5) is 5.69 Å². The van der Waals surface area contributed by atoms with Gasteiger partial charge in [-0.1, -0.05) is 6.92 Å². The molecule has 1 heterocycles. The van der Waals surface area contributed by atoms with E-state index in [1.807, 2.05) is 20.0 Å². The average molecular weight is 207 g/mol. The highest BCUT2D eigenvalue weighted by Crippen LogP contribution is 2.06. The maximum absolute atomic E-state index is 11.8. The fourth-order valence-corrected chi connectivity index (χ4v) is 1.30. The highest BCUT2D eigenvalue weighted by Gasteiger charge is 2.11. The maximum atomic E-state index is 11.8. The molecule has 0 saturated heterocycles. The fourth-order valence-electron chi connectivity index (χ4n) is 1.30. The summed E-state index contributed by atoms with van der Waals surface area (Å²) in [5, 5.41) is 2.96. The zero-order valence-corrected chi connectivity index (χ0v) is 9.45. The number of aromatic nitrogens is 1. The zero-order valence-electron chi connectivity index (χ0n) is 9.45. The van der Waals surface area contributed by atoms with Crippen LogP contribution in [0.2, 0.25) is 0 Å². The number of hydrogen-bond donors (Lipinski definition) is 1. The minimum atomic E-state index is -0.0282. The monoisotopic (exact) mass is 207 g/mol. The molecule has 0 radical (unpaired) electrons. The molecule has 1 rings (SSSR count). The Bertz CT molecular complexity index is 321. The molecule has 0 spiro atoms. The standard InChI is InChI=1S/C11H17N3O/c1-4-7-14(3)11(15)10-6-5-9(12-2)8-13-10/h5-6,8,12H,4,7H2,1-3H3. The molecule has 1 amide bonds. The summed E-state index contributed by atoms with van der Waals surface area (Å²) in [5.74, 6) is -0.0282. The third kappa shape index (κ3) is 2.94.